The van der Waals surface area contributed by atoms with Crippen LogP contribution >= 0.6 is 15.9 Å². The quantitative estimate of drug-likeness (QED) is 0.797. The van der Waals surface area contributed by atoms with Gasteiger partial charge in [0.1, 0.15) is 5.75 Å². The summed E-state index contributed by atoms with van der Waals surface area (Å²) in [6.07, 6.45) is 0.615. The third-order valence-corrected chi connectivity index (χ3v) is 5.70. The van der Waals surface area contributed by atoms with Crippen LogP contribution in [-0.2, 0) is 14.8 Å². The van der Waals surface area contributed by atoms with Gasteiger partial charge < -0.3 is 10.1 Å². The van der Waals surface area contributed by atoms with Gasteiger partial charge in [-0.1, -0.05) is 28.1 Å². The fourth-order valence-corrected chi connectivity index (χ4v) is 4.14. The second-order valence-corrected chi connectivity index (χ2v) is 9.02. The highest BCUT2D eigenvalue weighted by molar-refractivity contribution is 9.10. The van der Waals surface area contributed by atoms with E-state index in [2.05, 4.69) is 21.2 Å². The molecule has 3 rings (SSSR count). The minimum Gasteiger partial charge on any atom is -0.478 e. The molecule has 0 aliphatic carbocycles. The van der Waals surface area contributed by atoms with Gasteiger partial charge in [0.2, 0.25) is 10.0 Å². The minimum absolute atomic E-state index is 0.172. The first-order valence-electron chi connectivity index (χ1n) is 8.05. The average molecular weight is 439 g/mol. The lowest BCUT2D eigenvalue weighted by atomic mass is 10.2. The summed E-state index contributed by atoms with van der Waals surface area (Å²) in [5, 5.41) is 2.81. The number of aryl methyl sites for hydroxylation is 1. The molecule has 0 aromatic heterocycles. The molecule has 0 saturated carbocycles. The number of carbonyl (C=O) groups is 1. The number of halogens is 1. The number of nitrogens with one attached hydrogen (secondary N) is 1. The van der Waals surface area contributed by atoms with E-state index in [1.54, 1.807) is 24.3 Å². The Morgan fingerprint density at radius 2 is 2.04 bits per heavy atom. The Labute approximate surface area is 161 Å². The number of fused-ring (bicyclic) bond motifs is 1. The zero-order valence-corrected chi connectivity index (χ0v) is 16.8. The Balaban J connectivity index is 1.88. The molecule has 2 aromatic rings. The van der Waals surface area contributed by atoms with Gasteiger partial charge >= 0.3 is 0 Å². The number of sulfonamides is 1. The fraction of sp³-hybridized carbons (Fsp3) is 0.278. The molecule has 138 valence electrons. The van der Waals surface area contributed by atoms with E-state index in [0.29, 0.717) is 17.1 Å². The Morgan fingerprint density at radius 3 is 2.73 bits per heavy atom. The fourth-order valence-electron chi connectivity index (χ4n) is 2.81. The van der Waals surface area contributed by atoms with E-state index in [4.69, 9.17) is 4.74 Å². The Bertz CT molecular complexity index is 946. The molecule has 0 bridgehead atoms. The van der Waals surface area contributed by atoms with Crippen LogP contribution in [-0.4, -0.2) is 33.2 Å². The first kappa shape index (κ1) is 18.7. The van der Waals surface area contributed by atoms with Crippen LogP contribution in [0.2, 0.25) is 0 Å². The second kappa shape index (κ2) is 7.28. The van der Waals surface area contributed by atoms with E-state index in [1.807, 2.05) is 25.1 Å². The molecule has 1 aliphatic rings. The number of nitrogens with zero attached hydrogens (tertiary/aromatic N) is 1. The summed E-state index contributed by atoms with van der Waals surface area (Å²) in [6, 6.07) is 12.5. The van der Waals surface area contributed by atoms with Gasteiger partial charge in [-0.3, -0.25) is 9.10 Å². The molecule has 1 heterocycles. The molecule has 1 atom stereocenters. The van der Waals surface area contributed by atoms with Gasteiger partial charge in [-0.15, -0.1) is 0 Å². The van der Waals surface area contributed by atoms with Crippen molar-refractivity contribution >= 4 is 43.2 Å². The number of rotatable bonds is 3. The third kappa shape index (κ3) is 4.19. The molecule has 2 aromatic carbocycles. The zero-order valence-electron chi connectivity index (χ0n) is 14.4. The Morgan fingerprint density at radius 1 is 1.27 bits per heavy atom. The number of anilines is 2. The number of carbonyl (C=O) groups excluding carboxylic acids is 1. The van der Waals surface area contributed by atoms with Gasteiger partial charge in [0.05, 0.1) is 11.9 Å². The van der Waals surface area contributed by atoms with Crippen molar-refractivity contribution in [2.75, 3.05) is 22.4 Å². The highest BCUT2D eigenvalue weighted by Gasteiger charge is 2.31. The van der Waals surface area contributed by atoms with Crippen LogP contribution in [0.5, 0.6) is 5.75 Å². The maximum Gasteiger partial charge on any atom is 0.265 e. The van der Waals surface area contributed by atoms with Gasteiger partial charge in [0.25, 0.3) is 5.91 Å². The molecular weight excluding hydrogens is 420 g/mol. The van der Waals surface area contributed by atoms with Crippen molar-refractivity contribution in [3.8, 4) is 5.75 Å². The van der Waals surface area contributed by atoms with Crippen molar-refractivity contribution in [2.24, 2.45) is 0 Å². The molecule has 26 heavy (non-hydrogen) atoms. The second-order valence-electron chi connectivity index (χ2n) is 6.20. The van der Waals surface area contributed by atoms with E-state index in [-0.39, 0.29) is 18.9 Å². The van der Waals surface area contributed by atoms with Crippen molar-refractivity contribution in [1.82, 2.24) is 0 Å². The van der Waals surface area contributed by atoms with Gasteiger partial charge in [0, 0.05) is 23.1 Å². The highest BCUT2D eigenvalue weighted by Crippen LogP contribution is 2.35. The average Bonchev–Trinajstić information content (AvgIpc) is 2.73. The maximum absolute atomic E-state index is 12.6. The van der Waals surface area contributed by atoms with E-state index >= 15 is 0 Å². The molecule has 1 N–H and O–H groups in total. The molecule has 6 nitrogen and oxygen atoms in total. The van der Waals surface area contributed by atoms with Crippen LogP contribution in [0.4, 0.5) is 11.4 Å². The number of hydrogen-bond acceptors (Lipinski definition) is 4. The predicted molar refractivity (Wildman–Crippen MR) is 105 cm³/mol. The molecule has 0 spiro atoms. The van der Waals surface area contributed by atoms with Gasteiger partial charge in [0.15, 0.2) is 6.10 Å². The maximum atomic E-state index is 12.6. The summed E-state index contributed by atoms with van der Waals surface area (Å²) in [6.45, 7) is 2.05. The lowest BCUT2D eigenvalue weighted by Gasteiger charge is -2.21. The number of benzene rings is 2. The molecular formula is C18H19BrN2O4S. The molecule has 0 radical (unpaired) electrons. The van der Waals surface area contributed by atoms with Crippen molar-refractivity contribution < 1.29 is 17.9 Å². The Hall–Kier alpha value is -2.06. The van der Waals surface area contributed by atoms with E-state index in [1.165, 1.54) is 4.31 Å². The van der Waals surface area contributed by atoms with Crippen molar-refractivity contribution in [3.63, 3.8) is 0 Å². The van der Waals surface area contributed by atoms with Crippen molar-refractivity contribution in [3.05, 3.63) is 52.5 Å². The minimum atomic E-state index is -3.48. The van der Waals surface area contributed by atoms with Gasteiger partial charge in [-0.2, -0.15) is 0 Å². The summed E-state index contributed by atoms with van der Waals surface area (Å²) < 4.78 is 32.4. The topological polar surface area (TPSA) is 75.7 Å². The lowest BCUT2D eigenvalue weighted by molar-refractivity contribution is -0.122. The summed E-state index contributed by atoms with van der Waals surface area (Å²) in [7, 11) is -3.48. The summed E-state index contributed by atoms with van der Waals surface area (Å²) in [4.78, 5) is 12.6. The van der Waals surface area contributed by atoms with Crippen LogP contribution < -0.4 is 14.4 Å². The van der Waals surface area contributed by atoms with Crippen molar-refractivity contribution in [1.29, 1.82) is 0 Å². The molecule has 8 heteroatoms. The lowest BCUT2D eigenvalue weighted by Crippen LogP contribution is -2.35. The highest BCUT2D eigenvalue weighted by atomic mass is 79.9. The smallest absolute Gasteiger partial charge is 0.265 e. The van der Waals surface area contributed by atoms with E-state index in [9.17, 15) is 13.2 Å². The molecule has 0 fully saturated rings. The van der Waals surface area contributed by atoms with Crippen molar-refractivity contribution in [2.45, 2.75) is 19.4 Å². The zero-order chi connectivity index (χ0) is 18.9. The number of ether oxygens (including phenoxy) is 1. The molecule has 1 unspecified atom stereocenters. The number of hydrogen-bond donors (Lipinski definition) is 1. The SMILES string of the molecule is Cc1ccc2c(c1)N(S(C)(=O)=O)CCC(C(=O)Nc1cccc(Br)c1)O2. The van der Waals surface area contributed by atoms with E-state index in [0.717, 1.165) is 16.3 Å². The van der Waals surface area contributed by atoms with Crippen LogP contribution in [0.1, 0.15) is 12.0 Å². The van der Waals surface area contributed by atoms with Crippen LogP contribution in [0.15, 0.2) is 46.9 Å². The van der Waals surface area contributed by atoms with Crippen LogP contribution in [0, 0.1) is 6.92 Å². The summed E-state index contributed by atoms with van der Waals surface area (Å²) in [5.41, 5.74) is 2.02. The van der Waals surface area contributed by atoms with Gasteiger partial charge in [-0.25, -0.2) is 8.42 Å². The first-order valence-corrected chi connectivity index (χ1v) is 10.7. The molecule has 1 amide bonds. The number of amides is 1. The van der Waals surface area contributed by atoms with Crippen LogP contribution in [0.25, 0.3) is 0 Å². The van der Waals surface area contributed by atoms with Gasteiger partial charge in [-0.05, 0) is 42.8 Å². The standard InChI is InChI=1S/C18H19BrN2O4S/c1-12-6-7-16-15(10-12)21(26(2,23)24)9-8-17(25-16)18(22)20-14-5-3-4-13(19)11-14/h3-7,10-11,17H,8-9H2,1-2H3,(H,20,22). The summed E-state index contributed by atoms with van der Waals surface area (Å²) in [5.74, 6) is 0.0675. The normalized spacial score (nSPS) is 17.0. The monoisotopic (exact) mass is 438 g/mol. The Kier molecular flexibility index (Phi) is 5.24. The van der Waals surface area contributed by atoms with Crippen LogP contribution in [0.3, 0.4) is 0 Å². The summed E-state index contributed by atoms with van der Waals surface area (Å²) >= 11 is 3.36. The molecule has 0 saturated heterocycles. The van der Waals surface area contributed by atoms with E-state index < -0.39 is 16.1 Å². The third-order valence-electron chi connectivity index (χ3n) is 4.03. The molecule has 1 aliphatic heterocycles. The first-order chi connectivity index (χ1) is 12.2. The largest absolute Gasteiger partial charge is 0.478 e. The predicted octanol–water partition coefficient (Wildman–Crippen LogP) is 3.31.